The highest BCUT2D eigenvalue weighted by atomic mass is 32.1. The molecular weight excluding hydrogens is 258 g/mol. The molecule has 1 heterocycles. The molecule has 0 aliphatic carbocycles. The van der Waals surface area contributed by atoms with Crippen molar-refractivity contribution in [1.82, 2.24) is 0 Å². The lowest BCUT2D eigenvalue weighted by atomic mass is 10.1. The summed E-state index contributed by atoms with van der Waals surface area (Å²) in [5, 5.41) is 5.50. The van der Waals surface area contributed by atoms with E-state index in [1.165, 1.54) is 17.6 Å². The molecule has 0 saturated heterocycles. The Bertz CT molecular complexity index is 577. The summed E-state index contributed by atoms with van der Waals surface area (Å²) >= 11 is 1.74. The normalized spacial score (nSPS) is 11.9. The topological polar surface area (TPSA) is 38.3 Å². The number of anilines is 1. The molecule has 0 fully saturated rings. The van der Waals surface area contributed by atoms with Crippen molar-refractivity contribution in [2.75, 3.05) is 12.4 Å². The first kappa shape index (κ1) is 13.6. The summed E-state index contributed by atoms with van der Waals surface area (Å²) < 4.78 is 4.72. The fourth-order valence-corrected chi connectivity index (χ4v) is 2.93. The number of methoxy groups -OCH3 is 1. The number of rotatable bonds is 4. The molecule has 19 heavy (non-hydrogen) atoms. The Kier molecular flexibility index (Phi) is 4.22. The minimum atomic E-state index is -0.316. The van der Waals surface area contributed by atoms with Gasteiger partial charge < -0.3 is 10.1 Å². The molecule has 0 aliphatic heterocycles. The number of hydrogen-bond acceptors (Lipinski definition) is 4. The monoisotopic (exact) mass is 275 g/mol. The van der Waals surface area contributed by atoms with Gasteiger partial charge in [-0.3, -0.25) is 0 Å². The van der Waals surface area contributed by atoms with E-state index >= 15 is 0 Å². The van der Waals surface area contributed by atoms with E-state index in [-0.39, 0.29) is 12.0 Å². The smallest absolute Gasteiger partial charge is 0.337 e. The second-order valence-electron chi connectivity index (χ2n) is 4.41. The first-order valence-electron chi connectivity index (χ1n) is 6.10. The predicted octanol–water partition coefficient (Wildman–Crippen LogP) is 4.02. The molecule has 0 amide bonds. The van der Waals surface area contributed by atoms with Crippen LogP contribution in [0.4, 0.5) is 5.69 Å². The number of benzene rings is 1. The van der Waals surface area contributed by atoms with E-state index in [1.807, 2.05) is 18.2 Å². The number of carbonyl (C=O) groups is 1. The van der Waals surface area contributed by atoms with E-state index in [4.69, 9.17) is 4.74 Å². The molecule has 0 aliphatic rings. The van der Waals surface area contributed by atoms with Gasteiger partial charge in [0.1, 0.15) is 0 Å². The Morgan fingerprint density at radius 2 is 2.16 bits per heavy atom. The van der Waals surface area contributed by atoms with Gasteiger partial charge in [-0.1, -0.05) is 6.07 Å². The quantitative estimate of drug-likeness (QED) is 0.857. The van der Waals surface area contributed by atoms with Crippen molar-refractivity contribution >= 4 is 23.0 Å². The number of nitrogens with one attached hydrogen (secondary N) is 1. The van der Waals surface area contributed by atoms with Crippen molar-refractivity contribution < 1.29 is 9.53 Å². The van der Waals surface area contributed by atoms with Crippen LogP contribution in [0.5, 0.6) is 0 Å². The summed E-state index contributed by atoms with van der Waals surface area (Å²) in [5.74, 6) is -0.316. The average molecular weight is 275 g/mol. The van der Waals surface area contributed by atoms with Crippen LogP contribution in [0.15, 0.2) is 35.7 Å². The van der Waals surface area contributed by atoms with E-state index in [0.29, 0.717) is 5.56 Å². The van der Waals surface area contributed by atoms with Crippen molar-refractivity contribution in [2.45, 2.75) is 19.9 Å². The van der Waals surface area contributed by atoms with Crippen LogP contribution in [-0.4, -0.2) is 13.1 Å². The van der Waals surface area contributed by atoms with Crippen molar-refractivity contribution in [2.24, 2.45) is 0 Å². The maximum Gasteiger partial charge on any atom is 0.337 e. The number of esters is 1. The van der Waals surface area contributed by atoms with Gasteiger partial charge in [-0.2, -0.15) is 0 Å². The van der Waals surface area contributed by atoms with Gasteiger partial charge in [0.15, 0.2) is 0 Å². The first-order chi connectivity index (χ1) is 9.11. The van der Waals surface area contributed by atoms with Gasteiger partial charge in [0.05, 0.1) is 18.7 Å². The lowest BCUT2D eigenvalue weighted by Crippen LogP contribution is -2.07. The highest BCUT2D eigenvalue weighted by molar-refractivity contribution is 7.10. The van der Waals surface area contributed by atoms with Crippen molar-refractivity contribution in [3.05, 3.63) is 51.7 Å². The number of aryl methyl sites for hydroxylation is 1. The minimum Gasteiger partial charge on any atom is -0.465 e. The van der Waals surface area contributed by atoms with Crippen LogP contribution in [0, 0.1) is 6.92 Å². The Morgan fingerprint density at radius 1 is 1.37 bits per heavy atom. The summed E-state index contributed by atoms with van der Waals surface area (Å²) in [6.45, 7) is 4.22. The molecule has 100 valence electrons. The third-order valence-corrected chi connectivity index (χ3v) is 4.16. The number of hydrogen-bond donors (Lipinski definition) is 1. The molecule has 3 nitrogen and oxygen atoms in total. The van der Waals surface area contributed by atoms with Crippen LogP contribution in [0.25, 0.3) is 0 Å². The Labute approximate surface area is 117 Å². The molecule has 1 unspecified atom stereocenters. The zero-order valence-corrected chi connectivity index (χ0v) is 12.1. The number of thiophene rings is 1. The third-order valence-electron chi connectivity index (χ3n) is 2.96. The summed E-state index contributed by atoms with van der Waals surface area (Å²) in [6, 6.07) is 9.69. The Hall–Kier alpha value is -1.81. The molecule has 2 rings (SSSR count). The zero-order valence-electron chi connectivity index (χ0n) is 11.3. The second-order valence-corrected chi connectivity index (χ2v) is 5.35. The molecule has 1 aromatic heterocycles. The predicted molar refractivity (Wildman–Crippen MR) is 78.9 cm³/mol. The van der Waals surface area contributed by atoms with Crippen LogP contribution in [0.3, 0.4) is 0 Å². The SMILES string of the molecule is COC(=O)c1cccc(NC(C)c2sccc2C)c1. The van der Waals surface area contributed by atoms with Crippen molar-refractivity contribution in [1.29, 1.82) is 0 Å². The lowest BCUT2D eigenvalue weighted by Gasteiger charge is -2.15. The maximum absolute atomic E-state index is 11.5. The van der Waals surface area contributed by atoms with Crippen LogP contribution in [0.1, 0.15) is 33.8 Å². The maximum atomic E-state index is 11.5. The minimum absolute atomic E-state index is 0.216. The largest absolute Gasteiger partial charge is 0.465 e. The highest BCUT2D eigenvalue weighted by Crippen LogP contribution is 2.27. The molecule has 4 heteroatoms. The van der Waals surface area contributed by atoms with Gasteiger partial charge in [0, 0.05) is 10.6 Å². The fourth-order valence-electron chi connectivity index (χ4n) is 2.00. The van der Waals surface area contributed by atoms with Gasteiger partial charge in [0.2, 0.25) is 0 Å². The number of ether oxygens (including phenoxy) is 1. The summed E-state index contributed by atoms with van der Waals surface area (Å²) in [5.41, 5.74) is 2.76. The van der Waals surface area contributed by atoms with Crippen LogP contribution in [0.2, 0.25) is 0 Å². The molecule has 1 atom stereocenters. The van der Waals surface area contributed by atoms with Crippen LogP contribution in [-0.2, 0) is 4.74 Å². The third kappa shape index (κ3) is 3.15. The van der Waals surface area contributed by atoms with Gasteiger partial charge in [-0.05, 0) is 49.1 Å². The fraction of sp³-hybridized carbons (Fsp3) is 0.267. The number of carbonyl (C=O) groups excluding carboxylic acids is 1. The van der Waals surface area contributed by atoms with Gasteiger partial charge in [-0.15, -0.1) is 11.3 Å². The molecule has 0 radical (unpaired) electrons. The van der Waals surface area contributed by atoms with Crippen molar-refractivity contribution in [3.63, 3.8) is 0 Å². The molecule has 1 N–H and O–H groups in total. The lowest BCUT2D eigenvalue weighted by molar-refractivity contribution is 0.0601. The second kappa shape index (κ2) is 5.89. The Balaban J connectivity index is 2.15. The summed E-state index contributed by atoms with van der Waals surface area (Å²) in [7, 11) is 1.39. The van der Waals surface area contributed by atoms with Crippen molar-refractivity contribution in [3.8, 4) is 0 Å². The van der Waals surface area contributed by atoms with Crippen LogP contribution >= 0.6 is 11.3 Å². The summed E-state index contributed by atoms with van der Waals surface area (Å²) in [4.78, 5) is 12.8. The zero-order chi connectivity index (χ0) is 13.8. The highest BCUT2D eigenvalue weighted by Gasteiger charge is 2.11. The molecule has 0 bridgehead atoms. The molecule has 0 saturated carbocycles. The molecule has 1 aromatic carbocycles. The van der Waals surface area contributed by atoms with Gasteiger partial charge in [-0.25, -0.2) is 4.79 Å². The molecular formula is C15H17NO2S. The van der Waals surface area contributed by atoms with Gasteiger partial charge >= 0.3 is 5.97 Å². The molecule has 0 spiro atoms. The average Bonchev–Trinajstić information content (AvgIpc) is 2.84. The van der Waals surface area contributed by atoms with E-state index in [1.54, 1.807) is 17.4 Å². The van der Waals surface area contributed by atoms with E-state index in [2.05, 4.69) is 30.6 Å². The summed E-state index contributed by atoms with van der Waals surface area (Å²) in [6.07, 6.45) is 0. The van der Waals surface area contributed by atoms with E-state index in [0.717, 1.165) is 5.69 Å². The molecule has 2 aromatic rings. The first-order valence-corrected chi connectivity index (χ1v) is 6.98. The Morgan fingerprint density at radius 3 is 2.79 bits per heavy atom. The van der Waals surface area contributed by atoms with Crippen LogP contribution < -0.4 is 5.32 Å². The standard InChI is InChI=1S/C15H17NO2S/c1-10-7-8-19-14(10)11(2)16-13-6-4-5-12(9-13)15(17)18-3/h4-9,11,16H,1-3H3. The van der Waals surface area contributed by atoms with E-state index in [9.17, 15) is 4.79 Å². The van der Waals surface area contributed by atoms with E-state index < -0.39 is 0 Å². The van der Waals surface area contributed by atoms with Gasteiger partial charge in [0.25, 0.3) is 0 Å².